The Morgan fingerprint density at radius 2 is 1.51 bits per heavy atom. The summed E-state index contributed by atoms with van der Waals surface area (Å²) in [4.78, 5) is 66.6. The lowest BCUT2D eigenvalue weighted by atomic mass is 10.00. The lowest BCUT2D eigenvalue weighted by Gasteiger charge is -2.28. The zero-order chi connectivity index (χ0) is 37.2. The van der Waals surface area contributed by atoms with Crippen LogP contribution in [0.15, 0.2) is 24.5 Å². The summed E-state index contributed by atoms with van der Waals surface area (Å²) >= 11 is 1.63. The number of thiophene rings is 1. The van der Waals surface area contributed by atoms with E-state index in [1.54, 1.807) is 23.7 Å². The van der Waals surface area contributed by atoms with E-state index in [4.69, 9.17) is 9.47 Å². The number of Topliss-reactive ketones (excluding diaryl/α,β-unsaturated/α-hetero) is 1. The Labute approximate surface area is 301 Å². The van der Waals surface area contributed by atoms with Crippen molar-refractivity contribution in [3.63, 3.8) is 0 Å². The van der Waals surface area contributed by atoms with Crippen LogP contribution in [0.2, 0.25) is 0 Å². The fraction of sp³-hybridized carbons (Fsp3) is 0.588. The molecule has 1 saturated heterocycles. The minimum Gasteiger partial charge on any atom is -0.453 e. The number of hydrogen-bond acceptors (Lipinski definition) is 12. The number of aromatic amines is 2. The van der Waals surface area contributed by atoms with Crippen LogP contribution in [0.5, 0.6) is 0 Å². The number of nitrogens with one attached hydrogen (secondary N) is 6. The number of carbonyl (C=O) groups excluding carboxylic acids is 4. The van der Waals surface area contributed by atoms with Crippen molar-refractivity contribution >= 4 is 35.2 Å². The molecule has 1 fully saturated rings. The van der Waals surface area contributed by atoms with Gasteiger partial charge < -0.3 is 50.2 Å². The van der Waals surface area contributed by atoms with E-state index in [1.165, 1.54) is 14.2 Å². The van der Waals surface area contributed by atoms with Crippen molar-refractivity contribution in [2.24, 2.45) is 11.8 Å². The zero-order valence-electron chi connectivity index (χ0n) is 30.3. The molecule has 1 aliphatic heterocycles. The number of ketones is 1. The van der Waals surface area contributed by atoms with E-state index in [1.807, 2.05) is 47.6 Å². The minimum atomic E-state index is -0.710. The van der Waals surface area contributed by atoms with Crippen LogP contribution in [0, 0.1) is 11.8 Å². The SMILES string of the molecule is COC(=O)N[C@@H](C(=O)CN[C@H](C)c1ncc(C2OCC(c3ccc(-c4cnc([C@H](C)CNC(=O)[C@H](NC(=O)OC)C(C)C)[nH]4)s3)CO2)[nH]1)C(C)C. The molecule has 0 saturated carbocycles. The highest BCUT2D eigenvalue weighted by Crippen LogP contribution is 2.36. The number of rotatable bonds is 16. The number of aromatic nitrogens is 4. The van der Waals surface area contributed by atoms with Crippen molar-refractivity contribution in [3.8, 4) is 10.6 Å². The van der Waals surface area contributed by atoms with Gasteiger partial charge in [-0.05, 0) is 30.9 Å². The van der Waals surface area contributed by atoms with Crippen LogP contribution in [0.3, 0.4) is 0 Å². The van der Waals surface area contributed by atoms with E-state index < -0.39 is 30.6 Å². The van der Waals surface area contributed by atoms with Crippen molar-refractivity contribution in [2.75, 3.05) is 40.5 Å². The van der Waals surface area contributed by atoms with Crippen LogP contribution in [0.4, 0.5) is 9.59 Å². The fourth-order valence-electron chi connectivity index (χ4n) is 5.41. The number of ether oxygens (including phenoxy) is 4. The molecule has 17 heteroatoms. The summed E-state index contributed by atoms with van der Waals surface area (Å²) in [7, 11) is 2.52. The number of H-pyrrole nitrogens is 2. The molecule has 0 aliphatic carbocycles. The number of nitrogens with zero attached hydrogens (tertiary/aromatic N) is 2. The lowest BCUT2D eigenvalue weighted by Crippen LogP contribution is -2.50. The number of amides is 3. The van der Waals surface area contributed by atoms with Gasteiger partial charge in [0.1, 0.15) is 17.7 Å². The molecule has 0 radical (unpaired) electrons. The minimum absolute atomic E-state index is 0.0402. The van der Waals surface area contributed by atoms with Crippen LogP contribution in [0.1, 0.15) is 87.9 Å². The molecular formula is C34H50N8O8S. The van der Waals surface area contributed by atoms with Gasteiger partial charge in [-0.2, -0.15) is 0 Å². The molecule has 1 aliphatic rings. The quantitative estimate of drug-likeness (QED) is 0.125. The summed E-state index contributed by atoms with van der Waals surface area (Å²) in [6.45, 7) is 12.6. The molecule has 0 unspecified atom stereocenters. The van der Waals surface area contributed by atoms with E-state index >= 15 is 0 Å². The molecule has 4 heterocycles. The van der Waals surface area contributed by atoms with Gasteiger partial charge in [-0.1, -0.05) is 34.6 Å². The second kappa shape index (κ2) is 18.3. The van der Waals surface area contributed by atoms with Crippen molar-refractivity contribution < 1.29 is 38.1 Å². The molecule has 4 rings (SSSR count). The highest BCUT2D eigenvalue weighted by Gasteiger charge is 2.29. The van der Waals surface area contributed by atoms with Gasteiger partial charge in [-0.3, -0.25) is 9.59 Å². The number of methoxy groups -OCH3 is 2. The number of hydrogen-bond donors (Lipinski definition) is 6. The monoisotopic (exact) mass is 730 g/mol. The first-order valence-electron chi connectivity index (χ1n) is 17.0. The first kappa shape index (κ1) is 39.5. The third-order valence-electron chi connectivity index (χ3n) is 8.58. The number of carbonyl (C=O) groups is 4. The first-order chi connectivity index (χ1) is 24.3. The highest BCUT2D eigenvalue weighted by atomic mass is 32.1. The van der Waals surface area contributed by atoms with Gasteiger partial charge in [0.05, 0.1) is 74.7 Å². The maximum atomic E-state index is 12.8. The second-order valence-electron chi connectivity index (χ2n) is 13.2. The maximum absolute atomic E-state index is 12.8. The summed E-state index contributed by atoms with van der Waals surface area (Å²) in [6.07, 6.45) is 1.55. The number of imidazole rings is 2. The summed E-state index contributed by atoms with van der Waals surface area (Å²) in [5.41, 5.74) is 1.55. The lowest BCUT2D eigenvalue weighted by molar-refractivity contribution is -0.193. The van der Waals surface area contributed by atoms with Crippen molar-refractivity contribution in [1.82, 2.24) is 41.2 Å². The van der Waals surface area contributed by atoms with Gasteiger partial charge in [0, 0.05) is 23.3 Å². The van der Waals surface area contributed by atoms with Gasteiger partial charge in [0.25, 0.3) is 0 Å². The number of alkyl carbamates (subject to hydrolysis) is 2. The van der Waals surface area contributed by atoms with Crippen LogP contribution < -0.4 is 21.3 Å². The van der Waals surface area contributed by atoms with Gasteiger partial charge in [0.15, 0.2) is 5.78 Å². The summed E-state index contributed by atoms with van der Waals surface area (Å²) in [5.74, 6) is 0.655. The molecule has 16 nitrogen and oxygen atoms in total. The Hall–Kier alpha value is -4.32. The Balaban J connectivity index is 1.25. The van der Waals surface area contributed by atoms with Gasteiger partial charge in [-0.25, -0.2) is 19.6 Å². The van der Waals surface area contributed by atoms with Gasteiger partial charge in [-0.15, -0.1) is 11.3 Å². The molecule has 0 spiro atoms. The average Bonchev–Trinajstić information content (AvgIpc) is 3.91. The van der Waals surface area contributed by atoms with Gasteiger partial charge >= 0.3 is 12.2 Å². The predicted molar refractivity (Wildman–Crippen MR) is 189 cm³/mol. The maximum Gasteiger partial charge on any atom is 0.407 e. The molecule has 0 aromatic carbocycles. The summed E-state index contributed by atoms with van der Waals surface area (Å²) < 4.78 is 21.5. The van der Waals surface area contributed by atoms with Crippen LogP contribution >= 0.6 is 11.3 Å². The fourth-order valence-corrected chi connectivity index (χ4v) is 6.46. The zero-order valence-corrected chi connectivity index (χ0v) is 31.1. The van der Waals surface area contributed by atoms with Crippen molar-refractivity contribution in [3.05, 3.63) is 46.7 Å². The Bertz CT molecular complexity index is 1610. The topological polar surface area (TPSA) is 211 Å². The smallest absolute Gasteiger partial charge is 0.407 e. The Kier molecular flexibility index (Phi) is 14.1. The van der Waals surface area contributed by atoms with Gasteiger partial charge in [0.2, 0.25) is 12.2 Å². The molecule has 3 amide bonds. The third-order valence-corrected chi connectivity index (χ3v) is 9.86. The van der Waals surface area contributed by atoms with E-state index in [-0.39, 0.29) is 47.9 Å². The largest absolute Gasteiger partial charge is 0.453 e. The molecule has 51 heavy (non-hydrogen) atoms. The molecule has 280 valence electrons. The molecule has 0 bridgehead atoms. The molecular weight excluding hydrogens is 680 g/mol. The second-order valence-corrected chi connectivity index (χ2v) is 14.3. The summed E-state index contributed by atoms with van der Waals surface area (Å²) in [5, 5.41) is 11.2. The highest BCUT2D eigenvalue weighted by molar-refractivity contribution is 7.15. The Morgan fingerprint density at radius 3 is 2.14 bits per heavy atom. The predicted octanol–water partition coefficient (Wildman–Crippen LogP) is 3.89. The van der Waals surface area contributed by atoms with Crippen molar-refractivity contribution in [2.45, 2.75) is 77.8 Å². The average molecular weight is 731 g/mol. The molecule has 3 aromatic rings. The van der Waals surface area contributed by atoms with Crippen LogP contribution in [-0.4, -0.2) is 96.4 Å². The van der Waals surface area contributed by atoms with E-state index in [2.05, 4.69) is 56.7 Å². The first-order valence-corrected chi connectivity index (χ1v) is 17.8. The van der Waals surface area contributed by atoms with E-state index in [9.17, 15) is 19.2 Å². The standard InChI is InChI=1S/C34H50N8O8S/c1-17(2)27(41-33(45)47-7)24(43)14-35-20(6)30-37-13-23(40-30)32-49-15-21(16-50-32)25-9-10-26(51-25)22-12-36-29(39-22)19(5)11-38-31(44)28(18(3)4)42-34(46)48-8/h9-10,12-13,17-21,27-28,32,35H,11,14-16H2,1-8H3,(H,36,39)(H,37,40)(H,38,44)(H,41,45)(H,42,46)/t19-,20-,21?,27-,28-,32?/m1/s1. The molecule has 3 aromatic heterocycles. The van der Waals surface area contributed by atoms with Crippen LogP contribution in [-0.2, 0) is 28.5 Å². The third kappa shape index (κ3) is 10.6. The Morgan fingerprint density at radius 1 is 0.882 bits per heavy atom. The normalized spacial score (nSPS) is 18.5. The van der Waals surface area contributed by atoms with Crippen LogP contribution in [0.25, 0.3) is 10.6 Å². The van der Waals surface area contributed by atoms with Crippen molar-refractivity contribution in [1.29, 1.82) is 0 Å². The van der Waals surface area contributed by atoms with E-state index in [0.29, 0.717) is 31.3 Å². The van der Waals surface area contributed by atoms with E-state index in [0.717, 1.165) is 21.3 Å². The molecule has 4 atom stereocenters. The molecule has 6 N–H and O–H groups in total. The summed E-state index contributed by atoms with van der Waals surface area (Å²) in [6, 6.07) is 2.45.